The molecule has 0 unspecified atom stereocenters. The van der Waals surface area contributed by atoms with Gasteiger partial charge in [0.2, 0.25) is 5.91 Å². The Labute approximate surface area is 175 Å². The molecule has 0 spiro atoms. The van der Waals surface area contributed by atoms with Gasteiger partial charge in [-0.05, 0) is 37.5 Å². The van der Waals surface area contributed by atoms with E-state index < -0.39 is 29.2 Å². The van der Waals surface area contributed by atoms with E-state index in [0.717, 1.165) is 25.3 Å². The molecular weight excluding hydrogens is 426 g/mol. The van der Waals surface area contributed by atoms with Crippen LogP contribution >= 0.6 is 0 Å². The van der Waals surface area contributed by atoms with Crippen LogP contribution in [0.4, 0.5) is 32.0 Å². The van der Waals surface area contributed by atoms with Crippen molar-refractivity contribution < 1.29 is 31.1 Å². The number of allylic oxidation sites excluding steroid dienone is 1. The number of carbonyl (C=O) groups excluding carboxylic acids is 1. The van der Waals surface area contributed by atoms with Crippen molar-refractivity contribution in [3.05, 3.63) is 41.2 Å². The highest BCUT2D eigenvalue weighted by Gasteiger charge is 2.37. The molecule has 5 nitrogen and oxygen atoms in total. The molecule has 1 aromatic rings. The summed E-state index contributed by atoms with van der Waals surface area (Å²) in [6, 6.07) is 2.80. The van der Waals surface area contributed by atoms with Crippen molar-refractivity contribution in [3.63, 3.8) is 0 Å². The van der Waals surface area contributed by atoms with E-state index in [1.807, 2.05) is 0 Å². The Morgan fingerprint density at radius 2 is 1.71 bits per heavy atom. The average Bonchev–Trinajstić information content (AvgIpc) is 2.88. The number of benzene rings is 1. The lowest BCUT2D eigenvalue weighted by molar-refractivity contribution is -0.143. The minimum Gasteiger partial charge on any atom is -0.371 e. The molecule has 1 fully saturated rings. The largest absolute Gasteiger partial charge is 0.416 e. The van der Waals surface area contributed by atoms with Gasteiger partial charge >= 0.3 is 12.4 Å². The van der Waals surface area contributed by atoms with Crippen molar-refractivity contribution in [1.82, 2.24) is 10.2 Å². The molecule has 31 heavy (non-hydrogen) atoms. The van der Waals surface area contributed by atoms with E-state index in [-0.39, 0.29) is 24.3 Å². The number of hydrogen-bond donors (Lipinski definition) is 2. The number of rotatable bonds is 7. The fourth-order valence-electron chi connectivity index (χ4n) is 3.15. The first-order chi connectivity index (χ1) is 14.5. The van der Waals surface area contributed by atoms with Gasteiger partial charge in [0.05, 0.1) is 23.3 Å². The molecule has 0 saturated carbocycles. The number of nitrogens with one attached hydrogen (secondary N) is 2. The molecule has 0 radical (unpaired) electrons. The number of nitriles is 1. The van der Waals surface area contributed by atoms with Gasteiger partial charge in [0.15, 0.2) is 0 Å². The smallest absolute Gasteiger partial charge is 0.371 e. The molecule has 0 aromatic heterocycles. The molecule has 0 bridgehead atoms. The summed E-state index contributed by atoms with van der Waals surface area (Å²) >= 11 is 0. The van der Waals surface area contributed by atoms with Crippen molar-refractivity contribution in [2.45, 2.75) is 44.5 Å². The van der Waals surface area contributed by atoms with Crippen LogP contribution in [0.2, 0.25) is 0 Å². The molecule has 170 valence electrons. The topological polar surface area (TPSA) is 68.2 Å². The maximum atomic E-state index is 13.0. The normalized spacial score (nSPS) is 16.0. The third kappa shape index (κ3) is 7.70. The van der Waals surface area contributed by atoms with E-state index in [9.17, 15) is 31.1 Å². The molecule has 1 amide bonds. The first kappa shape index (κ1) is 24.4. The van der Waals surface area contributed by atoms with Crippen LogP contribution in [0.1, 0.15) is 43.2 Å². The summed E-state index contributed by atoms with van der Waals surface area (Å²) in [5.41, 5.74) is -3.37. The Bertz CT molecular complexity index is 809. The van der Waals surface area contributed by atoms with Gasteiger partial charge in [-0.3, -0.25) is 4.79 Å². The molecule has 1 heterocycles. The van der Waals surface area contributed by atoms with Crippen molar-refractivity contribution in [1.29, 1.82) is 5.26 Å². The molecule has 1 aliphatic rings. The molecule has 2 rings (SSSR count). The fourth-order valence-corrected chi connectivity index (χ4v) is 3.15. The fraction of sp³-hybridized carbons (Fsp3) is 0.500. The number of halogens is 6. The zero-order valence-electron chi connectivity index (χ0n) is 16.5. The summed E-state index contributed by atoms with van der Waals surface area (Å²) in [6.07, 6.45) is -5.26. The Kier molecular flexibility index (Phi) is 8.19. The van der Waals surface area contributed by atoms with Crippen LogP contribution in [-0.4, -0.2) is 30.4 Å². The lowest BCUT2D eigenvalue weighted by atomic mass is 10.1. The highest BCUT2D eigenvalue weighted by atomic mass is 19.4. The average molecular weight is 448 g/mol. The number of anilines is 1. The van der Waals surface area contributed by atoms with E-state index in [2.05, 4.69) is 10.6 Å². The lowest BCUT2D eigenvalue weighted by Gasteiger charge is -2.21. The van der Waals surface area contributed by atoms with Gasteiger partial charge in [-0.25, -0.2) is 0 Å². The number of carbonyl (C=O) groups is 1. The first-order valence-corrected chi connectivity index (χ1v) is 9.68. The Hall–Kier alpha value is -2.90. The third-order valence-corrected chi connectivity index (χ3v) is 4.67. The number of nitrogens with zero attached hydrogens (tertiary/aromatic N) is 2. The second kappa shape index (κ2) is 10.4. The summed E-state index contributed by atoms with van der Waals surface area (Å²) in [4.78, 5) is 13.7. The van der Waals surface area contributed by atoms with Crippen LogP contribution in [0.5, 0.6) is 0 Å². The lowest BCUT2D eigenvalue weighted by Crippen LogP contribution is -2.33. The molecule has 1 aromatic carbocycles. The summed E-state index contributed by atoms with van der Waals surface area (Å²) in [7, 11) is 0. The highest BCUT2D eigenvalue weighted by molar-refractivity contribution is 5.76. The zero-order valence-corrected chi connectivity index (χ0v) is 16.5. The number of likely N-dealkylation sites (tertiary alicyclic amines) is 1. The van der Waals surface area contributed by atoms with Gasteiger partial charge < -0.3 is 15.5 Å². The first-order valence-electron chi connectivity index (χ1n) is 9.68. The van der Waals surface area contributed by atoms with Crippen LogP contribution in [0, 0.1) is 11.3 Å². The molecule has 1 aliphatic heterocycles. The molecule has 0 atom stereocenters. The van der Waals surface area contributed by atoms with Crippen LogP contribution in [0.3, 0.4) is 0 Å². The van der Waals surface area contributed by atoms with Gasteiger partial charge in [-0.15, -0.1) is 0 Å². The maximum Gasteiger partial charge on any atom is 0.416 e. The number of alkyl halides is 6. The molecule has 11 heteroatoms. The van der Waals surface area contributed by atoms with Gasteiger partial charge in [0, 0.05) is 31.7 Å². The van der Waals surface area contributed by atoms with Gasteiger partial charge in [0.1, 0.15) is 5.82 Å². The van der Waals surface area contributed by atoms with Gasteiger partial charge in [-0.1, -0.05) is 6.42 Å². The third-order valence-electron chi connectivity index (χ3n) is 4.67. The predicted molar refractivity (Wildman–Crippen MR) is 101 cm³/mol. The summed E-state index contributed by atoms with van der Waals surface area (Å²) < 4.78 is 78.0. The van der Waals surface area contributed by atoms with Gasteiger partial charge in [0.25, 0.3) is 0 Å². The zero-order chi connectivity index (χ0) is 23.1. The van der Waals surface area contributed by atoms with Crippen molar-refractivity contribution in [3.8, 4) is 6.07 Å². The minimum absolute atomic E-state index is 0.0322. The van der Waals surface area contributed by atoms with E-state index in [4.69, 9.17) is 5.26 Å². The number of amides is 1. The van der Waals surface area contributed by atoms with Crippen molar-refractivity contribution >= 4 is 11.6 Å². The Balaban J connectivity index is 2.05. The molecular formula is C20H22F6N4O. The van der Waals surface area contributed by atoms with E-state index in [1.54, 1.807) is 11.0 Å². The van der Waals surface area contributed by atoms with Crippen LogP contribution in [-0.2, 0) is 17.1 Å². The summed E-state index contributed by atoms with van der Waals surface area (Å²) in [5.74, 6) is 0.0178. The van der Waals surface area contributed by atoms with E-state index in [0.29, 0.717) is 38.1 Å². The number of hydrogen-bond acceptors (Lipinski definition) is 4. The second-order valence-corrected chi connectivity index (χ2v) is 7.08. The van der Waals surface area contributed by atoms with Crippen molar-refractivity contribution in [2.75, 3.05) is 25.0 Å². The standard InChI is InChI=1S/C20H22F6N4O/c21-19(22,23)14-11-15(20(24,25)26)13-16(12-14)29-17(6-7-27)28-8-4-10-30-9-3-1-2-5-18(30)31/h6,11-13,28-29H,1-5,8-10H2/b17-6+. The quantitative estimate of drug-likeness (QED) is 0.354. The molecule has 2 N–H and O–H groups in total. The SMILES string of the molecule is N#C/C=C(\NCCCN1CCCCCC1=O)Nc1cc(C(F)(F)F)cc(C(F)(F)F)c1. The van der Waals surface area contributed by atoms with Crippen LogP contribution < -0.4 is 10.6 Å². The predicted octanol–water partition coefficient (Wildman–Crippen LogP) is 4.88. The Morgan fingerprint density at radius 3 is 2.29 bits per heavy atom. The molecule has 0 aliphatic carbocycles. The van der Waals surface area contributed by atoms with Gasteiger partial charge in [-0.2, -0.15) is 31.6 Å². The van der Waals surface area contributed by atoms with E-state index >= 15 is 0 Å². The molecule has 1 saturated heterocycles. The summed E-state index contributed by atoms with van der Waals surface area (Å²) in [5, 5.41) is 14.1. The second-order valence-electron chi connectivity index (χ2n) is 7.08. The van der Waals surface area contributed by atoms with Crippen LogP contribution in [0.25, 0.3) is 0 Å². The minimum atomic E-state index is -4.97. The van der Waals surface area contributed by atoms with Crippen LogP contribution in [0.15, 0.2) is 30.1 Å². The van der Waals surface area contributed by atoms with Crippen molar-refractivity contribution in [2.24, 2.45) is 0 Å². The summed E-state index contributed by atoms with van der Waals surface area (Å²) in [6.45, 7) is 1.38. The Morgan fingerprint density at radius 1 is 1.06 bits per heavy atom. The highest BCUT2D eigenvalue weighted by Crippen LogP contribution is 2.37. The maximum absolute atomic E-state index is 13.0. The monoisotopic (exact) mass is 448 g/mol. The van der Waals surface area contributed by atoms with E-state index in [1.165, 1.54) is 0 Å².